The average Bonchev–Trinajstić information content (AvgIpc) is 2.32. The number of nitrogens with zero attached hydrogens (tertiary/aromatic N) is 2. The number of nitrogens with two attached hydrogens (primary N) is 1. The van der Waals surface area contributed by atoms with Crippen LogP contribution in [0.15, 0.2) is 6.20 Å². The van der Waals surface area contributed by atoms with Gasteiger partial charge >= 0.3 is 0 Å². The van der Waals surface area contributed by atoms with Crippen molar-refractivity contribution in [2.75, 3.05) is 29.1 Å². The smallest absolute Gasteiger partial charge is 0.222 e. The summed E-state index contributed by atoms with van der Waals surface area (Å²) in [5, 5.41) is 3.01. The van der Waals surface area contributed by atoms with E-state index in [0.717, 1.165) is 12.7 Å². The topological polar surface area (TPSA) is 63.8 Å². The normalized spacial score (nSPS) is 17.3. The summed E-state index contributed by atoms with van der Waals surface area (Å²) < 4.78 is 13.3. The fourth-order valence-corrected chi connectivity index (χ4v) is 2.90. The molecule has 2 heterocycles. The first-order chi connectivity index (χ1) is 7.75. The Morgan fingerprint density at radius 2 is 2.25 bits per heavy atom. The zero-order valence-electron chi connectivity index (χ0n) is 8.95. The van der Waals surface area contributed by atoms with Crippen molar-refractivity contribution < 1.29 is 4.39 Å². The van der Waals surface area contributed by atoms with E-state index in [0.29, 0.717) is 5.92 Å². The first-order valence-corrected chi connectivity index (χ1v) is 6.51. The van der Waals surface area contributed by atoms with Crippen LogP contribution in [0.2, 0.25) is 0 Å². The Kier molecular flexibility index (Phi) is 3.82. The Bertz CT molecular complexity index is 355. The summed E-state index contributed by atoms with van der Waals surface area (Å²) in [6.45, 7) is 0.758. The molecule has 0 bridgehead atoms. The highest BCUT2D eigenvalue weighted by molar-refractivity contribution is 7.99. The number of halogens is 1. The molecule has 6 heteroatoms. The van der Waals surface area contributed by atoms with Crippen LogP contribution in [0.3, 0.4) is 0 Å². The minimum Gasteiger partial charge on any atom is -0.368 e. The molecule has 0 aromatic carbocycles. The lowest BCUT2D eigenvalue weighted by molar-refractivity contribution is 0.512. The Morgan fingerprint density at radius 3 is 3.00 bits per heavy atom. The van der Waals surface area contributed by atoms with Crippen molar-refractivity contribution in [1.29, 1.82) is 0 Å². The highest BCUT2D eigenvalue weighted by Crippen LogP contribution is 2.23. The van der Waals surface area contributed by atoms with Gasteiger partial charge in [0.1, 0.15) is 0 Å². The van der Waals surface area contributed by atoms with Gasteiger partial charge in [-0.2, -0.15) is 16.7 Å². The van der Waals surface area contributed by atoms with Crippen molar-refractivity contribution in [3.8, 4) is 0 Å². The number of aromatic nitrogens is 2. The molecule has 1 saturated heterocycles. The van der Waals surface area contributed by atoms with Gasteiger partial charge in [-0.25, -0.2) is 9.37 Å². The number of hydrogen-bond acceptors (Lipinski definition) is 5. The van der Waals surface area contributed by atoms with Crippen LogP contribution in [-0.4, -0.2) is 28.0 Å². The van der Waals surface area contributed by atoms with E-state index < -0.39 is 5.82 Å². The Hall–Kier alpha value is -1.04. The van der Waals surface area contributed by atoms with Crippen LogP contribution < -0.4 is 11.1 Å². The molecular formula is C10H15FN4S. The molecule has 0 atom stereocenters. The number of nitrogen functional groups attached to an aromatic ring is 1. The van der Waals surface area contributed by atoms with Crippen LogP contribution in [0.4, 0.5) is 16.2 Å². The average molecular weight is 242 g/mol. The molecule has 3 N–H and O–H groups in total. The van der Waals surface area contributed by atoms with Gasteiger partial charge in [0.2, 0.25) is 5.95 Å². The number of thioether (sulfide) groups is 1. The van der Waals surface area contributed by atoms with Crippen molar-refractivity contribution >= 4 is 23.5 Å². The molecule has 0 saturated carbocycles. The molecule has 0 unspecified atom stereocenters. The van der Waals surface area contributed by atoms with E-state index in [1.165, 1.54) is 24.3 Å². The molecular weight excluding hydrogens is 227 g/mol. The lowest BCUT2D eigenvalue weighted by atomic mass is 10.0. The van der Waals surface area contributed by atoms with Crippen LogP contribution in [-0.2, 0) is 0 Å². The second-order valence-electron chi connectivity index (χ2n) is 3.86. The summed E-state index contributed by atoms with van der Waals surface area (Å²) >= 11 is 1.98. The molecule has 1 aliphatic rings. The summed E-state index contributed by atoms with van der Waals surface area (Å²) in [6.07, 6.45) is 3.46. The number of hydrogen-bond donors (Lipinski definition) is 2. The predicted molar refractivity (Wildman–Crippen MR) is 64.9 cm³/mol. The molecule has 1 fully saturated rings. The predicted octanol–water partition coefficient (Wildman–Crippen LogP) is 1.75. The van der Waals surface area contributed by atoms with Crippen LogP contribution in [0, 0.1) is 11.7 Å². The van der Waals surface area contributed by atoms with Crippen molar-refractivity contribution in [1.82, 2.24) is 9.97 Å². The molecule has 16 heavy (non-hydrogen) atoms. The van der Waals surface area contributed by atoms with E-state index in [1.54, 1.807) is 0 Å². The minimum atomic E-state index is -0.445. The van der Waals surface area contributed by atoms with Crippen LogP contribution in [0.5, 0.6) is 0 Å². The lowest BCUT2D eigenvalue weighted by Crippen LogP contribution is -2.20. The van der Waals surface area contributed by atoms with Gasteiger partial charge in [0.05, 0.1) is 6.20 Å². The SMILES string of the molecule is Nc1ncc(F)c(NCC2CCSCC2)n1. The van der Waals surface area contributed by atoms with Crippen molar-refractivity contribution in [3.63, 3.8) is 0 Å². The quantitative estimate of drug-likeness (QED) is 0.845. The fraction of sp³-hybridized carbons (Fsp3) is 0.600. The highest BCUT2D eigenvalue weighted by atomic mass is 32.2. The maximum absolute atomic E-state index is 13.3. The zero-order chi connectivity index (χ0) is 11.4. The van der Waals surface area contributed by atoms with Crippen LogP contribution in [0.25, 0.3) is 0 Å². The monoisotopic (exact) mass is 242 g/mol. The van der Waals surface area contributed by atoms with Crippen LogP contribution >= 0.6 is 11.8 Å². The Balaban J connectivity index is 1.90. The van der Waals surface area contributed by atoms with Crippen molar-refractivity contribution in [2.45, 2.75) is 12.8 Å². The molecule has 1 aliphatic heterocycles. The third-order valence-corrected chi connectivity index (χ3v) is 3.71. The molecule has 0 aliphatic carbocycles. The second-order valence-corrected chi connectivity index (χ2v) is 5.09. The third kappa shape index (κ3) is 2.98. The number of rotatable bonds is 3. The molecule has 2 rings (SSSR count). The highest BCUT2D eigenvalue weighted by Gasteiger charge is 2.14. The molecule has 1 aromatic rings. The fourth-order valence-electron chi connectivity index (χ4n) is 1.70. The zero-order valence-corrected chi connectivity index (χ0v) is 9.76. The lowest BCUT2D eigenvalue weighted by Gasteiger charge is -2.21. The van der Waals surface area contributed by atoms with Gasteiger partial charge < -0.3 is 11.1 Å². The molecule has 0 radical (unpaired) electrons. The van der Waals surface area contributed by atoms with E-state index in [-0.39, 0.29) is 11.8 Å². The maximum atomic E-state index is 13.3. The van der Waals surface area contributed by atoms with E-state index in [4.69, 9.17) is 5.73 Å². The standard InChI is InChI=1S/C10H15FN4S/c11-8-6-14-10(12)15-9(8)13-5-7-1-3-16-4-2-7/h6-7H,1-5H2,(H3,12,13,14,15). The minimum absolute atomic E-state index is 0.100. The van der Waals surface area contributed by atoms with Gasteiger partial charge in [-0.15, -0.1) is 0 Å². The van der Waals surface area contributed by atoms with Crippen LogP contribution in [0.1, 0.15) is 12.8 Å². The summed E-state index contributed by atoms with van der Waals surface area (Å²) in [5.74, 6) is 2.87. The van der Waals surface area contributed by atoms with Gasteiger partial charge in [-0.05, 0) is 30.3 Å². The van der Waals surface area contributed by atoms with Gasteiger partial charge in [-0.1, -0.05) is 0 Å². The van der Waals surface area contributed by atoms with E-state index in [9.17, 15) is 4.39 Å². The molecule has 0 amide bonds. The summed E-state index contributed by atoms with van der Waals surface area (Å²) in [5.41, 5.74) is 5.40. The third-order valence-electron chi connectivity index (χ3n) is 2.66. The molecule has 4 nitrogen and oxygen atoms in total. The van der Waals surface area contributed by atoms with E-state index >= 15 is 0 Å². The maximum Gasteiger partial charge on any atom is 0.222 e. The molecule has 88 valence electrons. The van der Waals surface area contributed by atoms with Gasteiger partial charge in [0.15, 0.2) is 11.6 Å². The van der Waals surface area contributed by atoms with Crippen molar-refractivity contribution in [3.05, 3.63) is 12.0 Å². The summed E-state index contributed by atoms with van der Waals surface area (Å²) in [4.78, 5) is 7.41. The van der Waals surface area contributed by atoms with Gasteiger partial charge in [0, 0.05) is 6.54 Å². The molecule has 1 aromatic heterocycles. The first-order valence-electron chi connectivity index (χ1n) is 5.35. The number of nitrogens with one attached hydrogen (secondary N) is 1. The second kappa shape index (κ2) is 5.34. The first kappa shape index (κ1) is 11.4. The largest absolute Gasteiger partial charge is 0.368 e. The number of anilines is 2. The molecule has 0 spiro atoms. The van der Waals surface area contributed by atoms with Crippen molar-refractivity contribution in [2.24, 2.45) is 5.92 Å². The Morgan fingerprint density at radius 1 is 1.50 bits per heavy atom. The van der Waals surface area contributed by atoms with Gasteiger partial charge in [-0.3, -0.25) is 0 Å². The van der Waals surface area contributed by atoms with Gasteiger partial charge in [0.25, 0.3) is 0 Å². The summed E-state index contributed by atoms with van der Waals surface area (Å²) in [6, 6.07) is 0. The summed E-state index contributed by atoms with van der Waals surface area (Å²) in [7, 11) is 0. The van der Waals surface area contributed by atoms with E-state index in [1.807, 2.05) is 11.8 Å². The Labute approximate surface area is 98.2 Å². The van der Waals surface area contributed by atoms with E-state index in [2.05, 4.69) is 15.3 Å².